The lowest BCUT2D eigenvalue weighted by molar-refractivity contribution is -0.130. The first kappa shape index (κ1) is 23.6. The van der Waals surface area contributed by atoms with Crippen molar-refractivity contribution >= 4 is 46.2 Å². The summed E-state index contributed by atoms with van der Waals surface area (Å²) in [6, 6.07) is 7.90. The fraction of sp³-hybridized carbons (Fsp3) is 0.240. The molecule has 3 N–H and O–H groups in total. The van der Waals surface area contributed by atoms with Gasteiger partial charge < -0.3 is 19.6 Å². The van der Waals surface area contributed by atoms with E-state index in [0.29, 0.717) is 48.5 Å². The van der Waals surface area contributed by atoms with E-state index in [0.717, 1.165) is 16.5 Å². The second kappa shape index (κ2) is 10.2. The molecule has 4 heterocycles. The van der Waals surface area contributed by atoms with Crippen molar-refractivity contribution in [3.8, 4) is 11.3 Å². The van der Waals surface area contributed by atoms with Crippen LogP contribution in [0.25, 0.3) is 22.2 Å². The van der Waals surface area contributed by atoms with Gasteiger partial charge in [-0.25, -0.2) is 15.0 Å². The summed E-state index contributed by atoms with van der Waals surface area (Å²) in [5.41, 5.74) is 2.47. The summed E-state index contributed by atoms with van der Waals surface area (Å²) in [6.07, 6.45) is 7.34. The number of aromatic amines is 1. The van der Waals surface area contributed by atoms with Crippen molar-refractivity contribution in [2.75, 3.05) is 23.7 Å². The number of benzene rings is 1. The van der Waals surface area contributed by atoms with Crippen LogP contribution >= 0.6 is 11.6 Å². The molecule has 0 bridgehead atoms. The zero-order valence-corrected chi connectivity index (χ0v) is 20.1. The van der Waals surface area contributed by atoms with Crippen LogP contribution in [0.2, 0.25) is 5.02 Å². The van der Waals surface area contributed by atoms with Gasteiger partial charge in [-0.15, -0.1) is 0 Å². The largest absolute Gasteiger partial charge is 0.423 e. The summed E-state index contributed by atoms with van der Waals surface area (Å²) in [5, 5.41) is 7.30. The number of H-pyrrole nitrogens is 1. The quantitative estimate of drug-likeness (QED) is 0.320. The van der Waals surface area contributed by atoms with E-state index in [9.17, 15) is 9.59 Å². The standard InChI is InChI=1S/C25H24ClN7O3/c1-2-22(34)33-9-7-15(8-10-33)24(35)31-21-14-28-20(36-21)13-30-25-29-12-18(26)23(32-25)17-11-27-19-6-4-3-5-16(17)19/h2-6,11-12,14-15,27H,1,7-10,13H2,(H,31,35)(H,29,30,32). The molecule has 1 aliphatic heterocycles. The zero-order valence-electron chi connectivity index (χ0n) is 19.3. The Morgan fingerprint density at radius 3 is 2.83 bits per heavy atom. The Labute approximate surface area is 211 Å². The molecule has 4 aromatic rings. The van der Waals surface area contributed by atoms with Crippen LogP contribution in [0.1, 0.15) is 18.7 Å². The number of likely N-dealkylation sites (tertiary alicyclic amines) is 1. The van der Waals surface area contributed by atoms with Crippen molar-refractivity contribution in [2.45, 2.75) is 19.4 Å². The number of rotatable bonds is 7. The van der Waals surface area contributed by atoms with Crippen molar-refractivity contribution in [2.24, 2.45) is 5.92 Å². The molecule has 2 amide bonds. The molecule has 0 radical (unpaired) electrons. The molecule has 0 spiro atoms. The van der Waals surface area contributed by atoms with Gasteiger partial charge in [0.25, 0.3) is 0 Å². The van der Waals surface area contributed by atoms with Gasteiger partial charge in [-0.3, -0.25) is 14.9 Å². The minimum absolute atomic E-state index is 0.112. The Bertz CT molecular complexity index is 1420. The van der Waals surface area contributed by atoms with E-state index in [2.05, 4.69) is 37.1 Å². The Morgan fingerprint density at radius 1 is 1.22 bits per heavy atom. The molecule has 3 aromatic heterocycles. The molecular formula is C25H24ClN7O3. The van der Waals surface area contributed by atoms with Crippen molar-refractivity contribution < 1.29 is 14.0 Å². The maximum Gasteiger partial charge on any atom is 0.245 e. The van der Waals surface area contributed by atoms with Gasteiger partial charge in [-0.2, -0.15) is 0 Å². The Balaban J connectivity index is 1.19. The predicted molar refractivity (Wildman–Crippen MR) is 136 cm³/mol. The van der Waals surface area contributed by atoms with Gasteiger partial charge in [0, 0.05) is 41.7 Å². The molecule has 11 heteroatoms. The fourth-order valence-electron chi connectivity index (χ4n) is 4.23. The topological polar surface area (TPSA) is 129 Å². The number of fused-ring (bicyclic) bond motifs is 1. The van der Waals surface area contributed by atoms with E-state index in [4.69, 9.17) is 16.0 Å². The molecule has 184 valence electrons. The first-order valence-corrected chi connectivity index (χ1v) is 11.9. The van der Waals surface area contributed by atoms with Crippen LogP contribution in [0.4, 0.5) is 11.8 Å². The summed E-state index contributed by atoms with van der Waals surface area (Å²) < 4.78 is 5.66. The number of halogens is 1. The van der Waals surface area contributed by atoms with E-state index in [1.807, 2.05) is 30.5 Å². The summed E-state index contributed by atoms with van der Waals surface area (Å²) in [6.45, 7) is 4.77. The molecule has 1 fully saturated rings. The number of oxazole rings is 1. The third-order valence-electron chi connectivity index (χ3n) is 6.14. The molecule has 0 atom stereocenters. The third kappa shape index (κ3) is 4.94. The van der Waals surface area contributed by atoms with E-state index in [-0.39, 0.29) is 30.2 Å². The van der Waals surface area contributed by atoms with Crippen LogP contribution in [0, 0.1) is 5.92 Å². The normalized spacial score (nSPS) is 14.1. The number of anilines is 2. The maximum absolute atomic E-state index is 12.6. The summed E-state index contributed by atoms with van der Waals surface area (Å²) in [4.78, 5) is 42.3. The molecule has 1 saturated heterocycles. The van der Waals surface area contributed by atoms with Gasteiger partial charge in [0.15, 0.2) is 0 Å². The summed E-state index contributed by atoms with van der Waals surface area (Å²) in [7, 11) is 0. The van der Waals surface area contributed by atoms with Crippen molar-refractivity contribution in [3.05, 3.63) is 66.4 Å². The average molecular weight is 506 g/mol. The number of carbonyl (C=O) groups excluding carboxylic acids is 2. The van der Waals surface area contributed by atoms with Gasteiger partial charge >= 0.3 is 0 Å². The van der Waals surface area contributed by atoms with E-state index in [1.54, 1.807) is 11.1 Å². The monoisotopic (exact) mass is 505 g/mol. The van der Waals surface area contributed by atoms with Crippen LogP contribution in [-0.2, 0) is 16.1 Å². The first-order chi connectivity index (χ1) is 17.5. The second-order valence-electron chi connectivity index (χ2n) is 8.40. The highest BCUT2D eigenvalue weighted by Gasteiger charge is 2.27. The molecule has 36 heavy (non-hydrogen) atoms. The number of nitrogens with zero attached hydrogens (tertiary/aromatic N) is 4. The van der Waals surface area contributed by atoms with Crippen LogP contribution < -0.4 is 10.6 Å². The molecule has 5 rings (SSSR count). The maximum atomic E-state index is 12.6. The lowest BCUT2D eigenvalue weighted by Crippen LogP contribution is -2.40. The SMILES string of the molecule is C=CC(=O)N1CCC(C(=O)Nc2cnc(CNc3ncc(Cl)c(-c4c[nH]c5ccccc45)n3)o2)CC1. The number of nitrogens with one attached hydrogen (secondary N) is 3. The Morgan fingerprint density at radius 2 is 2.03 bits per heavy atom. The molecule has 10 nitrogen and oxygen atoms in total. The number of aromatic nitrogens is 4. The smallest absolute Gasteiger partial charge is 0.245 e. The Hall–Kier alpha value is -4.18. The highest BCUT2D eigenvalue weighted by Crippen LogP contribution is 2.32. The summed E-state index contributed by atoms with van der Waals surface area (Å²) >= 11 is 6.39. The molecule has 1 aliphatic rings. The minimum atomic E-state index is -0.198. The predicted octanol–water partition coefficient (Wildman–Crippen LogP) is 4.24. The number of hydrogen-bond donors (Lipinski definition) is 3. The van der Waals surface area contributed by atoms with Crippen molar-refractivity contribution in [1.82, 2.24) is 24.8 Å². The van der Waals surface area contributed by atoms with Crippen LogP contribution in [0.15, 0.2) is 59.9 Å². The highest BCUT2D eigenvalue weighted by atomic mass is 35.5. The lowest BCUT2D eigenvalue weighted by Gasteiger charge is -2.30. The number of piperidine rings is 1. The average Bonchev–Trinajstić information content (AvgIpc) is 3.54. The molecule has 0 unspecified atom stereocenters. The molecule has 1 aromatic carbocycles. The Kier molecular flexibility index (Phi) is 6.68. The first-order valence-electron chi connectivity index (χ1n) is 11.5. The fourth-order valence-corrected chi connectivity index (χ4v) is 4.42. The molecule has 0 saturated carbocycles. The molecular weight excluding hydrogens is 482 g/mol. The molecule has 0 aliphatic carbocycles. The number of carbonyl (C=O) groups is 2. The van der Waals surface area contributed by atoms with Gasteiger partial charge in [0.1, 0.15) is 0 Å². The van der Waals surface area contributed by atoms with Crippen LogP contribution in [0.5, 0.6) is 0 Å². The lowest BCUT2D eigenvalue weighted by atomic mass is 9.96. The van der Waals surface area contributed by atoms with E-state index in [1.165, 1.54) is 12.3 Å². The minimum Gasteiger partial charge on any atom is -0.423 e. The second-order valence-corrected chi connectivity index (χ2v) is 8.81. The van der Waals surface area contributed by atoms with E-state index < -0.39 is 0 Å². The zero-order chi connectivity index (χ0) is 25.1. The van der Waals surface area contributed by atoms with Gasteiger partial charge in [0.05, 0.1) is 29.7 Å². The van der Waals surface area contributed by atoms with Crippen LogP contribution in [0.3, 0.4) is 0 Å². The van der Waals surface area contributed by atoms with Gasteiger partial charge in [-0.1, -0.05) is 36.4 Å². The van der Waals surface area contributed by atoms with Gasteiger partial charge in [-0.05, 0) is 25.0 Å². The number of amides is 2. The van der Waals surface area contributed by atoms with Crippen molar-refractivity contribution in [1.29, 1.82) is 0 Å². The van der Waals surface area contributed by atoms with Crippen LogP contribution in [-0.4, -0.2) is 49.7 Å². The number of para-hydroxylation sites is 1. The number of hydrogen-bond acceptors (Lipinski definition) is 7. The highest BCUT2D eigenvalue weighted by molar-refractivity contribution is 6.33. The van der Waals surface area contributed by atoms with E-state index >= 15 is 0 Å². The van der Waals surface area contributed by atoms with Crippen molar-refractivity contribution in [3.63, 3.8) is 0 Å². The van der Waals surface area contributed by atoms with Gasteiger partial charge in [0.2, 0.25) is 29.5 Å². The third-order valence-corrected chi connectivity index (χ3v) is 6.41. The summed E-state index contributed by atoms with van der Waals surface area (Å²) in [5.74, 6) is 0.530.